The van der Waals surface area contributed by atoms with E-state index in [0.717, 1.165) is 0 Å². The summed E-state index contributed by atoms with van der Waals surface area (Å²) in [6, 6.07) is 12.5. The van der Waals surface area contributed by atoms with Crippen LogP contribution in [-0.4, -0.2) is 22.3 Å². The molecule has 1 N–H and O–H groups in total. The number of benzene rings is 2. The van der Waals surface area contributed by atoms with Gasteiger partial charge in [0.1, 0.15) is 22.8 Å². The van der Waals surface area contributed by atoms with Gasteiger partial charge in [-0.05, 0) is 47.9 Å². The van der Waals surface area contributed by atoms with Crippen LogP contribution in [0.5, 0.6) is 5.75 Å². The summed E-state index contributed by atoms with van der Waals surface area (Å²) in [4.78, 5) is 12.7. The minimum Gasteiger partial charge on any atom is -0.492 e. The van der Waals surface area contributed by atoms with Crippen molar-refractivity contribution in [2.75, 3.05) is 11.9 Å². The fourth-order valence-electron chi connectivity index (χ4n) is 2.56. The number of anilines is 1. The topological polar surface area (TPSA) is 79.9 Å². The zero-order valence-electron chi connectivity index (χ0n) is 16.7. The van der Waals surface area contributed by atoms with Crippen LogP contribution in [0.3, 0.4) is 0 Å². The predicted octanol–water partition coefficient (Wildman–Crippen LogP) is 5.21. The van der Waals surface area contributed by atoms with Crippen LogP contribution in [-0.2, 0) is 0 Å². The molecule has 0 bridgehead atoms. The number of nitriles is 1. The van der Waals surface area contributed by atoms with Gasteiger partial charge in [0.05, 0.1) is 29.6 Å². The van der Waals surface area contributed by atoms with Crippen molar-refractivity contribution in [3.8, 4) is 17.5 Å². The van der Waals surface area contributed by atoms with Gasteiger partial charge in [-0.25, -0.2) is 9.07 Å². The van der Waals surface area contributed by atoms with E-state index in [0.29, 0.717) is 29.3 Å². The molecule has 0 saturated heterocycles. The predicted molar refractivity (Wildman–Crippen MR) is 113 cm³/mol. The molecular formula is C22H20ClFN4O2. The first-order valence-electron chi connectivity index (χ1n) is 9.16. The molecule has 0 aliphatic rings. The monoisotopic (exact) mass is 426 g/mol. The molecule has 1 aromatic heterocycles. The molecule has 3 rings (SSSR count). The van der Waals surface area contributed by atoms with Crippen LogP contribution in [0.4, 0.5) is 10.1 Å². The minimum atomic E-state index is -0.486. The number of halogens is 2. The molecule has 1 amide bonds. The number of nitrogens with one attached hydrogen (secondary N) is 1. The van der Waals surface area contributed by atoms with E-state index in [9.17, 15) is 14.4 Å². The Kier molecular flexibility index (Phi) is 6.09. The normalized spacial score (nSPS) is 11.1. The van der Waals surface area contributed by atoms with Crippen molar-refractivity contribution in [3.05, 3.63) is 70.8 Å². The molecule has 0 saturated carbocycles. The Balaban J connectivity index is 1.78. The molecule has 0 unspecified atom stereocenters. The molecule has 30 heavy (non-hydrogen) atoms. The molecule has 8 heteroatoms. The van der Waals surface area contributed by atoms with E-state index in [4.69, 9.17) is 16.3 Å². The van der Waals surface area contributed by atoms with Gasteiger partial charge >= 0.3 is 0 Å². The Morgan fingerprint density at radius 3 is 2.60 bits per heavy atom. The van der Waals surface area contributed by atoms with Gasteiger partial charge in [-0.15, -0.1) is 0 Å². The van der Waals surface area contributed by atoms with Gasteiger partial charge in [-0.2, -0.15) is 10.4 Å². The molecule has 1 heterocycles. The third-order valence-electron chi connectivity index (χ3n) is 4.04. The van der Waals surface area contributed by atoms with Crippen molar-refractivity contribution >= 4 is 23.2 Å². The van der Waals surface area contributed by atoms with E-state index in [1.807, 2.05) is 20.8 Å². The van der Waals surface area contributed by atoms with Gasteiger partial charge in [0.25, 0.3) is 5.91 Å². The number of nitrogens with zero attached hydrogens (tertiary/aromatic N) is 3. The molecule has 154 valence electrons. The van der Waals surface area contributed by atoms with Crippen molar-refractivity contribution in [2.45, 2.75) is 20.8 Å². The summed E-state index contributed by atoms with van der Waals surface area (Å²) >= 11 is 6.30. The first kappa shape index (κ1) is 21.3. The van der Waals surface area contributed by atoms with Crippen LogP contribution >= 0.6 is 11.6 Å². The smallest absolute Gasteiger partial charge is 0.260 e. The summed E-state index contributed by atoms with van der Waals surface area (Å²) < 4.78 is 20.2. The number of hydrogen-bond donors (Lipinski definition) is 1. The highest BCUT2D eigenvalue weighted by Gasteiger charge is 2.18. The van der Waals surface area contributed by atoms with Crippen LogP contribution in [0.2, 0.25) is 5.15 Å². The van der Waals surface area contributed by atoms with Crippen molar-refractivity contribution in [2.24, 2.45) is 5.41 Å². The molecule has 0 atom stereocenters. The molecule has 2 aromatic carbocycles. The van der Waals surface area contributed by atoms with Crippen LogP contribution in [0.25, 0.3) is 5.69 Å². The fraction of sp³-hybridized carbons (Fsp3) is 0.227. The van der Waals surface area contributed by atoms with Crippen molar-refractivity contribution < 1.29 is 13.9 Å². The van der Waals surface area contributed by atoms with Gasteiger partial charge in [0.15, 0.2) is 0 Å². The quantitative estimate of drug-likeness (QED) is 0.607. The fourth-order valence-corrected chi connectivity index (χ4v) is 2.84. The molecule has 3 aromatic rings. The number of hydrogen-bond acceptors (Lipinski definition) is 4. The molecular weight excluding hydrogens is 407 g/mol. The van der Waals surface area contributed by atoms with E-state index < -0.39 is 5.91 Å². The van der Waals surface area contributed by atoms with Crippen molar-refractivity contribution in [1.82, 2.24) is 9.78 Å². The third-order valence-corrected chi connectivity index (χ3v) is 4.41. The van der Waals surface area contributed by atoms with E-state index >= 15 is 0 Å². The second-order valence-electron chi connectivity index (χ2n) is 7.86. The first-order chi connectivity index (χ1) is 14.2. The standard InChI is InChI=1S/C22H20ClFN4O2/c1-22(2,3)13-30-19-9-6-16(10-14(19)11-25)27-21(29)18-12-26-28(20(18)23)17-7-4-15(24)5-8-17/h4-10,12H,13H2,1-3H3,(H,27,29). The Labute approximate surface area is 178 Å². The highest BCUT2D eigenvalue weighted by atomic mass is 35.5. The Morgan fingerprint density at radius 2 is 1.97 bits per heavy atom. The number of ether oxygens (including phenoxy) is 1. The molecule has 0 spiro atoms. The summed E-state index contributed by atoms with van der Waals surface area (Å²) in [5.41, 5.74) is 1.34. The maximum atomic E-state index is 13.1. The summed E-state index contributed by atoms with van der Waals surface area (Å²) in [5, 5.41) is 16.3. The third kappa shape index (κ3) is 4.97. The average molecular weight is 427 g/mol. The highest BCUT2D eigenvalue weighted by molar-refractivity contribution is 6.33. The van der Waals surface area contributed by atoms with Gasteiger partial charge < -0.3 is 10.1 Å². The molecule has 0 aliphatic carbocycles. The molecule has 6 nitrogen and oxygen atoms in total. The number of rotatable bonds is 5. The van der Waals surface area contributed by atoms with Gasteiger partial charge in [-0.1, -0.05) is 32.4 Å². The van der Waals surface area contributed by atoms with Gasteiger partial charge in [0, 0.05) is 5.69 Å². The number of carbonyl (C=O) groups excluding carboxylic acids is 1. The molecule has 0 radical (unpaired) electrons. The lowest BCUT2D eigenvalue weighted by molar-refractivity contribution is 0.102. The first-order valence-corrected chi connectivity index (χ1v) is 9.53. The van der Waals surface area contributed by atoms with E-state index in [1.165, 1.54) is 41.2 Å². The zero-order valence-corrected chi connectivity index (χ0v) is 17.5. The Bertz CT molecular complexity index is 1110. The maximum absolute atomic E-state index is 13.1. The maximum Gasteiger partial charge on any atom is 0.260 e. The highest BCUT2D eigenvalue weighted by Crippen LogP contribution is 2.26. The molecule has 0 aliphatic heterocycles. The number of carbonyl (C=O) groups is 1. The van der Waals surface area contributed by atoms with E-state index in [2.05, 4.69) is 16.5 Å². The lowest BCUT2D eigenvalue weighted by atomic mass is 9.98. The van der Waals surface area contributed by atoms with Crippen LogP contribution in [0, 0.1) is 22.6 Å². The lowest BCUT2D eigenvalue weighted by Crippen LogP contribution is -2.17. The summed E-state index contributed by atoms with van der Waals surface area (Å²) in [6.45, 7) is 6.54. The van der Waals surface area contributed by atoms with E-state index in [1.54, 1.807) is 12.1 Å². The van der Waals surface area contributed by atoms with Crippen LogP contribution < -0.4 is 10.1 Å². The Morgan fingerprint density at radius 1 is 1.27 bits per heavy atom. The van der Waals surface area contributed by atoms with Crippen molar-refractivity contribution in [1.29, 1.82) is 5.26 Å². The minimum absolute atomic E-state index is 0.0545. The number of amides is 1. The SMILES string of the molecule is CC(C)(C)COc1ccc(NC(=O)c2cnn(-c3ccc(F)cc3)c2Cl)cc1C#N. The summed E-state index contributed by atoms with van der Waals surface area (Å²) in [6.07, 6.45) is 1.33. The second kappa shape index (κ2) is 8.56. The van der Waals surface area contributed by atoms with Gasteiger partial charge in [0.2, 0.25) is 0 Å². The summed E-state index contributed by atoms with van der Waals surface area (Å²) in [7, 11) is 0. The largest absolute Gasteiger partial charge is 0.492 e. The van der Waals surface area contributed by atoms with E-state index in [-0.39, 0.29) is 21.9 Å². The number of aromatic nitrogens is 2. The summed E-state index contributed by atoms with van der Waals surface area (Å²) in [5.74, 6) is -0.420. The average Bonchev–Trinajstić information content (AvgIpc) is 3.08. The lowest BCUT2D eigenvalue weighted by Gasteiger charge is -2.19. The van der Waals surface area contributed by atoms with Crippen molar-refractivity contribution in [3.63, 3.8) is 0 Å². The Hall–Kier alpha value is -3.37. The van der Waals surface area contributed by atoms with Gasteiger partial charge in [-0.3, -0.25) is 4.79 Å². The van der Waals surface area contributed by atoms with Crippen LogP contribution in [0.1, 0.15) is 36.7 Å². The molecule has 0 fully saturated rings. The second-order valence-corrected chi connectivity index (χ2v) is 8.22. The zero-order chi connectivity index (χ0) is 21.9. The van der Waals surface area contributed by atoms with Crippen LogP contribution in [0.15, 0.2) is 48.7 Å².